The van der Waals surface area contributed by atoms with E-state index in [9.17, 15) is 0 Å². The summed E-state index contributed by atoms with van der Waals surface area (Å²) in [7, 11) is 1.80. The SMILES string of the molecule is CN=C(NCCCOCC1CCOC1)NCCCOC1CCOCC1. The molecular weight excluding hydrogens is 322 g/mol. The second-order valence-corrected chi connectivity index (χ2v) is 6.62. The predicted molar refractivity (Wildman–Crippen MR) is 98.1 cm³/mol. The molecule has 1 unspecified atom stereocenters. The van der Waals surface area contributed by atoms with E-state index in [0.717, 1.165) is 97.4 Å². The molecule has 2 heterocycles. The standard InChI is InChI=1S/C18H35N3O4/c1-19-18(20-7-2-9-23-14-16-4-11-24-15-16)21-8-3-10-25-17-5-12-22-13-6-17/h16-17H,2-15H2,1H3,(H2,19,20,21). The maximum atomic E-state index is 5.86. The van der Waals surface area contributed by atoms with Crippen LogP contribution in [-0.2, 0) is 18.9 Å². The first-order valence-corrected chi connectivity index (χ1v) is 9.68. The van der Waals surface area contributed by atoms with Gasteiger partial charge in [-0.1, -0.05) is 0 Å². The summed E-state index contributed by atoms with van der Waals surface area (Å²) < 4.78 is 22.2. The number of hydrogen-bond donors (Lipinski definition) is 2. The first kappa shape index (κ1) is 20.4. The third-order valence-electron chi connectivity index (χ3n) is 4.49. The summed E-state index contributed by atoms with van der Waals surface area (Å²) in [6.07, 6.45) is 5.50. The van der Waals surface area contributed by atoms with E-state index in [4.69, 9.17) is 18.9 Å². The lowest BCUT2D eigenvalue weighted by atomic mass is 10.1. The lowest BCUT2D eigenvalue weighted by molar-refractivity contribution is -0.0320. The summed E-state index contributed by atoms with van der Waals surface area (Å²) >= 11 is 0. The van der Waals surface area contributed by atoms with Crippen LogP contribution in [0.2, 0.25) is 0 Å². The molecule has 25 heavy (non-hydrogen) atoms. The molecule has 7 heteroatoms. The molecule has 2 rings (SSSR count). The minimum atomic E-state index is 0.377. The van der Waals surface area contributed by atoms with Crippen molar-refractivity contribution >= 4 is 5.96 Å². The van der Waals surface area contributed by atoms with Crippen LogP contribution in [0.1, 0.15) is 32.1 Å². The van der Waals surface area contributed by atoms with Crippen molar-refractivity contribution in [3.8, 4) is 0 Å². The Morgan fingerprint density at radius 2 is 1.72 bits per heavy atom. The largest absolute Gasteiger partial charge is 0.381 e. The molecule has 0 aliphatic carbocycles. The van der Waals surface area contributed by atoms with Crippen LogP contribution in [0.4, 0.5) is 0 Å². The molecule has 2 saturated heterocycles. The molecule has 2 fully saturated rings. The van der Waals surface area contributed by atoms with E-state index in [-0.39, 0.29) is 0 Å². The van der Waals surface area contributed by atoms with Gasteiger partial charge < -0.3 is 29.6 Å². The first-order valence-electron chi connectivity index (χ1n) is 9.68. The fourth-order valence-electron chi connectivity index (χ4n) is 2.94. The minimum Gasteiger partial charge on any atom is -0.381 e. The van der Waals surface area contributed by atoms with Gasteiger partial charge in [0.05, 0.1) is 19.3 Å². The fourth-order valence-corrected chi connectivity index (χ4v) is 2.94. The lowest BCUT2D eigenvalue weighted by Crippen LogP contribution is -2.38. The monoisotopic (exact) mass is 357 g/mol. The molecule has 0 spiro atoms. The van der Waals surface area contributed by atoms with E-state index in [1.807, 2.05) is 0 Å². The van der Waals surface area contributed by atoms with Crippen molar-refractivity contribution in [1.82, 2.24) is 10.6 Å². The van der Waals surface area contributed by atoms with Crippen molar-refractivity contribution < 1.29 is 18.9 Å². The van der Waals surface area contributed by atoms with Gasteiger partial charge in [0, 0.05) is 59.1 Å². The summed E-state index contributed by atoms with van der Waals surface area (Å²) in [5, 5.41) is 6.63. The fraction of sp³-hybridized carbons (Fsp3) is 0.944. The zero-order valence-electron chi connectivity index (χ0n) is 15.6. The molecule has 146 valence electrons. The van der Waals surface area contributed by atoms with Crippen LogP contribution >= 0.6 is 0 Å². The van der Waals surface area contributed by atoms with Crippen LogP contribution in [0.3, 0.4) is 0 Å². The lowest BCUT2D eigenvalue weighted by Gasteiger charge is -2.22. The molecule has 0 amide bonds. The molecule has 0 radical (unpaired) electrons. The van der Waals surface area contributed by atoms with Crippen LogP contribution in [0.25, 0.3) is 0 Å². The van der Waals surface area contributed by atoms with E-state index in [1.165, 1.54) is 0 Å². The average Bonchev–Trinajstić information content (AvgIpc) is 3.17. The van der Waals surface area contributed by atoms with Crippen molar-refractivity contribution in [2.75, 3.05) is 66.4 Å². The van der Waals surface area contributed by atoms with Gasteiger partial charge in [-0.05, 0) is 32.1 Å². The highest BCUT2D eigenvalue weighted by molar-refractivity contribution is 5.79. The first-order chi connectivity index (χ1) is 12.4. The second-order valence-electron chi connectivity index (χ2n) is 6.62. The molecule has 1 atom stereocenters. The van der Waals surface area contributed by atoms with E-state index in [1.54, 1.807) is 7.05 Å². The molecular formula is C18H35N3O4. The number of hydrogen-bond acceptors (Lipinski definition) is 5. The zero-order valence-corrected chi connectivity index (χ0v) is 15.6. The number of rotatable bonds is 11. The molecule has 0 bridgehead atoms. The van der Waals surface area contributed by atoms with Crippen molar-refractivity contribution in [3.63, 3.8) is 0 Å². The number of nitrogens with zero attached hydrogens (tertiary/aromatic N) is 1. The Morgan fingerprint density at radius 1 is 1.00 bits per heavy atom. The van der Waals surface area contributed by atoms with Crippen molar-refractivity contribution in [2.24, 2.45) is 10.9 Å². The van der Waals surface area contributed by atoms with Gasteiger partial charge in [0.2, 0.25) is 0 Å². The van der Waals surface area contributed by atoms with Crippen molar-refractivity contribution in [3.05, 3.63) is 0 Å². The second kappa shape index (κ2) is 13.3. The zero-order chi connectivity index (χ0) is 17.6. The van der Waals surface area contributed by atoms with Crippen molar-refractivity contribution in [1.29, 1.82) is 0 Å². The maximum absolute atomic E-state index is 5.86. The molecule has 7 nitrogen and oxygen atoms in total. The third-order valence-corrected chi connectivity index (χ3v) is 4.49. The Bertz CT molecular complexity index is 356. The van der Waals surface area contributed by atoms with Gasteiger partial charge in [0.15, 0.2) is 5.96 Å². The molecule has 0 aromatic rings. The van der Waals surface area contributed by atoms with Crippen LogP contribution in [0.15, 0.2) is 4.99 Å². The normalized spacial score (nSPS) is 22.3. The maximum Gasteiger partial charge on any atom is 0.190 e. The highest BCUT2D eigenvalue weighted by Crippen LogP contribution is 2.12. The number of ether oxygens (including phenoxy) is 4. The summed E-state index contributed by atoms with van der Waals surface area (Å²) in [5.74, 6) is 1.43. The minimum absolute atomic E-state index is 0.377. The van der Waals surface area contributed by atoms with Gasteiger partial charge in [-0.3, -0.25) is 4.99 Å². The Balaban J connectivity index is 1.38. The summed E-state index contributed by atoms with van der Waals surface area (Å²) in [5.41, 5.74) is 0. The van der Waals surface area contributed by atoms with Crippen LogP contribution in [-0.4, -0.2) is 78.4 Å². The van der Waals surface area contributed by atoms with Crippen molar-refractivity contribution in [2.45, 2.75) is 38.2 Å². The Labute approximate surface area is 151 Å². The van der Waals surface area contributed by atoms with E-state index < -0.39 is 0 Å². The number of aliphatic imine (C=N–C) groups is 1. The molecule has 0 aromatic heterocycles. The van der Waals surface area contributed by atoms with E-state index in [0.29, 0.717) is 12.0 Å². The van der Waals surface area contributed by atoms with Crippen LogP contribution in [0, 0.1) is 5.92 Å². The van der Waals surface area contributed by atoms with Crippen LogP contribution in [0.5, 0.6) is 0 Å². The van der Waals surface area contributed by atoms with Gasteiger partial charge in [-0.15, -0.1) is 0 Å². The van der Waals surface area contributed by atoms with E-state index in [2.05, 4.69) is 15.6 Å². The topological polar surface area (TPSA) is 73.3 Å². The van der Waals surface area contributed by atoms with Crippen LogP contribution < -0.4 is 10.6 Å². The van der Waals surface area contributed by atoms with Gasteiger partial charge >= 0.3 is 0 Å². The third kappa shape index (κ3) is 9.39. The predicted octanol–water partition coefficient (Wildman–Crippen LogP) is 1.18. The highest BCUT2D eigenvalue weighted by atomic mass is 16.5. The molecule has 0 aromatic carbocycles. The quantitative estimate of drug-likeness (QED) is 0.329. The Kier molecular flexibility index (Phi) is 10.9. The van der Waals surface area contributed by atoms with E-state index >= 15 is 0 Å². The molecule has 2 aliphatic rings. The van der Waals surface area contributed by atoms with Gasteiger partial charge in [-0.25, -0.2) is 0 Å². The highest BCUT2D eigenvalue weighted by Gasteiger charge is 2.15. The Morgan fingerprint density at radius 3 is 2.40 bits per heavy atom. The average molecular weight is 357 g/mol. The van der Waals surface area contributed by atoms with Gasteiger partial charge in [0.25, 0.3) is 0 Å². The van der Waals surface area contributed by atoms with Gasteiger partial charge in [-0.2, -0.15) is 0 Å². The molecule has 0 saturated carbocycles. The summed E-state index contributed by atoms with van der Waals surface area (Å²) in [4.78, 5) is 4.24. The summed E-state index contributed by atoms with van der Waals surface area (Å²) in [6, 6.07) is 0. The smallest absolute Gasteiger partial charge is 0.190 e. The summed E-state index contributed by atoms with van der Waals surface area (Å²) in [6.45, 7) is 7.51. The number of nitrogens with one attached hydrogen (secondary N) is 2. The molecule has 2 aliphatic heterocycles. The number of guanidine groups is 1. The Hall–Kier alpha value is -0.890. The van der Waals surface area contributed by atoms with Gasteiger partial charge in [0.1, 0.15) is 0 Å². The molecule has 2 N–H and O–H groups in total.